The molecule has 0 aromatic heterocycles. The fraction of sp³-hybridized carbons (Fsp3) is 1.00. The zero-order valence-corrected chi connectivity index (χ0v) is 8.25. The lowest BCUT2D eigenvalue weighted by Crippen LogP contribution is -2.50. The molecule has 2 heteroatoms. The Morgan fingerprint density at radius 2 is 1.92 bits per heavy atom. The molecule has 1 saturated carbocycles. The van der Waals surface area contributed by atoms with Crippen molar-refractivity contribution in [1.82, 2.24) is 0 Å². The number of hydrogen-bond donors (Lipinski definition) is 2. The van der Waals surface area contributed by atoms with Gasteiger partial charge in [0.1, 0.15) is 0 Å². The van der Waals surface area contributed by atoms with Crippen molar-refractivity contribution in [3.8, 4) is 0 Å². The van der Waals surface area contributed by atoms with E-state index in [9.17, 15) is 10.2 Å². The monoisotopic (exact) mass is 172 g/mol. The molecule has 1 aliphatic carbocycles. The SMILES string of the molecule is CC(C)C1CCCC(O)C1(C)O. The summed E-state index contributed by atoms with van der Waals surface area (Å²) < 4.78 is 0. The quantitative estimate of drug-likeness (QED) is 0.630. The van der Waals surface area contributed by atoms with Crippen molar-refractivity contribution in [2.24, 2.45) is 11.8 Å². The molecule has 0 saturated heterocycles. The van der Waals surface area contributed by atoms with Gasteiger partial charge in [-0.25, -0.2) is 0 Å². The van der Waals surface area contributed by atoms with Crippen LogP contribution in [0.2, 0.25) is 0 Å². The highest BCUT2D eigenvalue weighted by Gasteiger charge is 2.42. The van der Waals surface area contributed by atoms with Crippen LogP contribution in [0.1, 0.15) is 40.0 Å². The van der Waals surface area contributed by atoms with E-state index in [1.54, 1.807) is 6.92 Å². The van der Waals surface area contributed by atoms with Crippen molar-refractivity contribution < 1.29 is 10.2 Å². The van der Waals surface area contributed by atoms with Crippen molar-refractivity contribution in [2.45, 2.75) is 51.7 Å². The zero-order chi connectivity index (χ0) is 9.35. The highest BCUT2D eigenvalue weighted by atomic mass is 16.3. The molecular formula is C10H20O2. The van der Waals surface area contributed by atoms with Crippen LogP contribution >= 0.6 is 0 Å². The van der Waals surface area contributed by atoms with E-state index in [-0.39, 0.29) is 5.92 Å². The molecular weight excluding hydrogens is 152 g/mol. The van der Waals surface area contributed by atoms with Gasteiger partial charge in [-0.15, -0.1) is 0 Å². The molecule has 0 spiro atoms. The highest BCUT2D eigenvalue weighted by molar-refractivity contribution is 4.93. The molecule has 0 aromatic carbocycles. The molecule has 1 fully saturated rings. The summed E-state index contributed by atoms with van der Waals surface area (Å²) >= 11 is 0. The number of hydrogen-bond acceptors (Lipinski definition) is 2. The standard InChI is InChI=1S/C10H20O2/c1-7(2)8-5-4-6-9(11)10(8,3)12/h7-9,11-12H,4-6H2,1-3H3. The minimum absolute atomic E-state index is 0.251. The molecule has 2 nitrogen and oxygen atoms in total. The Morgan fingerprint density at radius 3 is 2.33 bits per heavy atom. The minimum Gasteiger partial charge on any atom is -0.390 e. The van der Waals surface area contributed by atoms with Gasteiger partial charge < -0.3 is 10.2 Å². The molecule has 2 N–H and O–H groups in total. The van der Waals surface area contributed by atoms with Crippen molar-refractivity contribution in [3.63, 3.8) is 0 Å². The van der Waals surface area contributed by atoms with Gasteiger partial charge in [-0.05, 0) is 31.6 Å². The van der Waals surface area contributed by atoms with Crippen LogP contribution in [0.15, 0.2) is 0 Å². The van der Waals surface area contributed by atoms with Gasteiger partial charge in [0.15, 0.2) is 0 Å². The largest absolute Gasteiger partial charge is 0.390 e. The third-order valence-electron chi connectivity index (χ3n) is 3.22. The Bertz CT molecular complexity index is 152. The van der Waals surface area contributed by atoms with E-state index in [2.05, 4.69) is 13.8 Å². The van der Waals surface area contributed by atoms with Gasteiger partial charge >= 0.3 is 0 Å². The van der Waals surface area contributed by atoms with E-state index < -0.39 is 11.7 Å². The first kappa shape index (κ1) is 10.0. The predicted molar refractivity (Wildman–Crippen MR) is 48.8 cm³/mol. The second kappa shape index (κ2) is 3.35. The highest BCUT2D eigenvalue weighted by Crippen LogP contribution is 2.38. The fourth-order valence-corrected chi connectivity index (χ4v) is 2.37. The topological polar surface area (TPSA) is 40.5 Å². The maximum Gasteiger partial charge on any atom is 0.0907 e. The number of rotatable bonds is 1. The van der Waals surface area contributed by atoms with Gasteiger partial charge in [-0.3, -0.25) is 0 Å². The van der Waals surface area contributed by atoms with Crippen molar-refractivity contribution in [3.05, 3.63) is 0 Å². The summed E-state index contributed by atoms with van der Waals surface area (Å²) in [6, 6.07) is 0. The van der Waals surface area contributed by atoms with Crippen molar-refractivity contribution in [2.75, 3.05) is 0 Å². The predicted octanol–water partition coefficient (Wildman–Crippen LogP) is 1.55. The molecule has 1 rings (SSSR count). The van der Waals surface area contributed by atoms with Crippen molar-refractivity contribution in [1.29, 1.82) is 0 Å². The van der Waals surface area contributed by atoms with Gasteiger partial charge in [0.25, 0.3) is 0 Å². The minimum atomic E-state index is -0.869. The fourth-order valence-electron chi connectivity index (χ4n) is 2.37. The average Bonchev–Trinajstić information content (AvgIpc) is 1.94. The molecule has 0 aromatic rings. The van der Waals surface area contributed by atoms with E-state index in [1.807, 2.05) is 0 Å². The first-order valence-corrected chi connectivity index (χ1v) is 4.86. The maximum absolute atomic E-state index is 10.0. The second-order valence-electron chi connectivity index (χ2n) is 4.52. The van der Waals surface area contributed by atoms with Crippen LogP contribution in [0.3, 0.4) is 0 Å². The van der Waals surface area contributed by atoms with Gasteiger partial charge in [0, 0.05) is 0 Å². The van der Waals surface area contributed by atoms with E-state index >= 15 is 0 Å². The van der Waals surface area contributed by atoms with Crippen LogP contribution in [-0.2, 0) is 0 Å². The molecule has 1 aliphatic rings. The second-order valence-corrected chi connectivity index (χ2v) is 4.52. The normalized spacial score (nSPS) is 43.5. The smallest absolute Gasteiger partial charge is 0.0907 e. The molecule has 12 heavy (non-hydrogen) atoms. The van der Waals surface area contributed by atoms with Gasteiger partial charge in [-0.1, -0.05) is 20.3 Å². The Balaban J connectivity index is 2.72. The summed E-state index contributed by atoms with van der Waals surface area (Å²) in [7, 11) is 0. The summed E-state index contributed by atoms with van der Waals surface area (Å²) in [6.07, 6.45) is 2.30. The summed E-state index contributed by atoms with van der Waals surface area (Å²) in [5.74, 6) is 0.705. The molecule has 0 aliphatic heterocycles. The first-order valence-electron chi connectivity index (χ1n) is 4.86. The number of aliphatic hydroxyl groups excluding tert-OH is 1. The summed E-state index contributed by atoms with van der Waals surface area (Å²) in [5, 5.41) is 19.6. The molecule has 0 heterocycles. The molecule has 72 valence electrons. The average molecular weight is 172 g/mol. The molecule has 0 radical (unpaired) electrons. The Hall–Kier alpha value is -0.0800. The van der Waals surface area contributed by atoms with Crippen LogP contribution in [0.25, 0.3) is 0 Å². The van der Waals surface area contributed by atoms with E-state index in [4.69, 9.17) is 0 Å². The lowest BCUT2D eigenvalue weighted by molar-refractivity contribution is -0.135. The maximum atomic E-state index is 10.0. The van der Waals surface area contributed by atoms with Crippen LogP contribution in [-0.4, -0.2) is 21.9 Å². The molecule has 0 bridgehead atoms. The molecule has 3 unspecified atom stereocenters. The van der Waals surface area contributed by atoms with Crippen LogP contribution in [0.5, 0.6) is 0 Å². The molecule has 0 amide bonds. The molecule has 3 atom stereocenters. The van der Waals surface area contributed by atoms with E-state index in [0.29, 0.717) is 5.92 Å². The first-order chi connectivity index (χ1) is 5.46. The summed E-state index contributed by atoms with van der Waals surface area (Å²) in [4.78, 5) is 0. The number of aliphatic hydroxyl groups is 2. The van der Waals surface area contributed by atoms with Crippen LogP contribution in [0, 0.1) is 11.8 Å². The Morgan fingerprint density at radius 1 is 1.33 bits per heavy atom. The van der Waals surface area contributed by atoms with Crippen LogP contribution in [0.4, 0.5) is 0 Å². The summed E-state index contributed by atoms with van der Waals surface area (Å²) in [6.45, 7) is 5.98. The third kappa shape index (κ3) is 1.64. The lowest BCUT2D eigenvalue weighted by atomic mass is 9.70. The third-order valence-corrected chi connectivity index (χ3v) is 3.22. The van der Waals surface area contributed by atoms with Crippen molar-refractivity contribution >= 4 is 0 Å². The lowest BCUT2D eigenvalue weighted by Gasteiger charge is -2.43. The van der Waals surface area contributed by atoms with E-state index in [0.717, 1.165) is 19.3 Å². The zero-order valence-electron chi connectivity index (χ0n) is 8.25. The van der Waals surface area contributed by atoms with Crippen LogP contribution < -0.4 is 0 Å². The van der Waals surface area contributed by atoms with E-state index in [1.165, 1.54) is 0 Å². The summed E-state index contributed by atoms with van der Waals surface area (Å²) in [5.41, 5.74) is -0.869. The Labute approximate surface area is 74.6 Å². The van der Waals surface area contributed by atoms with Gasteiger partial charge in [0.05, 0.1) is 11.7 Å². The van der Waals surface area contributed by atoms with Gasteiger partial charge in [0.2, 0.25) is 0 Å². The van der Waals surface area contributed by atoms with Gasteiger partial charge in [-0.2, -0.15) is 0 Å². The Kier molecular flexibility index (Phi) is 2.79.